The molecule has 0 heterocycles. The predicted octanol–water partition coefficient (Wildman–Crippen LogP) is 8.68. The minimum Gasteiger partial charge on any atom is -0.0533 e. The van der Waals surface area contributed by atoms with Gasteiger partial charge in [-0.1, -0.05) is 135 Å². The van der Waals surface area contributed by atoms with Crippen molar-refractivity contribution in [2.45, 2.75) is 135 Å². The molecular formula is C25H46. The minimum atomic E-state index is 1.09. The van der Waals surface area contributed by atoms with E-state index in [4.69, 9.17) is 0 Å². The van der Waals surface area contributed by atoms with Crippen molar-refractivity contribution in [1.29, 1.82) is 0 Å². The molecule has 0 aromatic rings. The monoisotopic (exact) mass is 346 g/mol. The highest BCUT2D eigenvalue weighted by atomic mass is 14.3. The third kappa shape index (κ3) is 7.26. The molecule has 0 aromatic carbocycles. The minimum absolute atomic E-state index is 1.09. The zero-order valence-corrected chi connectivity index (χ0v) is 17.2. The molecule has 3 saturated carbocycles. The van der Waals surface area contributed by atoms with Gasteiger partial charge in [-0.15, -0.1) is 0 Å². The van der Waals surface area contributed by atoms with Crippen LogP contribution in [0.25, 0.3) is 0 Å². The molecule has 3 fully saturated rings. The van der Waals surface area contributed by atoms with E-state index in [1.807, 2.05) is 0 Å². The molecule has 0 radical (unpaired) electrons. The van der Waals surface area contributed by atoms with E-state index in [1.165, 1.54) is 57.8 Å². The Bertz CT molecular complexity index is 291. The lowest BCUT2D eigenvalue weighted by molar-refractivity contribution is 0.203. The van der Waals surface area contributed by atoms with Crippen LogP contribution in [0.1, 0.15) is 135 Å². The fourth-order valence-corrected chi connectivity index (χ4v) is 6.51. The largest absolute Gasteiger partial charge is 0.0533 e. The molecule has 0 amide bonds. The molecule has 0 aromatic heterocycles. The Morgan fingerprint density at radius 3 is 1.32 bits per heavy atom. The van der Waals surface area contributed by atoms with Gasteiger partial charge in [0.15, 0.2) is 0 Å². The van der Waals surface area contributed by atoms with Gasteiger partial charge in [-0.2, -0.15) is 0 Å². The Hall–Kier alpha value is 0. The summed E-state index contributed by atoms with van der Waals surface area (Å²) in [7, 11) is 0. The van der Waals surface area contributed by atoms with Crippen molar-refractivity contribution >= 4 is 0 Å². The first-order valence-electron chi connectivity index (χ1n) is 12.4. The molecule has 0 spiro atoms. The molecule has 25 heavy (non-hydrogen) atoms. The van der Waals surface area contributed by atoms with Crippen LogP contribution in [0.3, 0.4) is 0 Å². The summed E-state index contributed by atoms with van der Waals surface area (Å²) in [5, 5.41) is 0. The summed E-state index contributed by atoms with van der Waals surface area (Å²) < 4.78 is 0. The van der Waals surface area contributed by atoms with Gasteiger partial charge in [-0.05, 0) is 23.7 Å². The van der Waals surface area contributed by atoms with E-state index >= 15 is 0 Å². The molecular weight excluding hydrogens is 300 g/mol. The summed E-state index contributed by atoms with van der Waals surface area (Å²) >= 11 is 0. The Labute approximate surface area is 158 Å². The topological polar surface area (TPSA) is 0 Å². The molecule has 3 rings (SSSR count). The number of hydrogen-bond donors (Lipinski definition) is 0. The molecule has 0 nitrogen and oxygen atoms in total. The van der Waals surface area contributed by atoms with Gasteiger partial charge >= 0.3 is 0 Å². The molecule has 0 N–H and O–H groups in total. The van der Waals surface area contributed by atoms with E-state index in [0.717, 1.165) is 23.7 Å². The molecule has 0 heteroatoms. The highest BCUT2D eigenvalue weighted by Gasteiger charge is 2.24. The predicted molar refractivity (Wildman–Crippen MR) is 111 cm³/mol. The van der Waals surface area contributed by atoms with Crippen LogP contribution in [0.15, 0.2) is 0 Å². The Balaban J connectivity index is 1.38. The number of rotatable bonds is 9. The third-order valence-corrected chi connectivity index (χ3v) is 8.14. The fourth-order valence-electron chi connectivity index (χ4n) is 6.51. The van der Waals surface area contributed by atoms with E-state index in [-0.39, 0.29) is 0 Å². The van der Waals surface area contributed by atoms with Gasteiger partial charge in [0.05, 0.1) is 0 Å². The van der Waals surface area contributed by atoms with Crippen molar-refractivity contribution < 1.29 is 0 Å². The smallest absolute Gasteiger partial charge is 0.0386 e. The van der Waals surface area contributed by atoms with Crippen molar-refractivity contribution in [2.75, 3.05) is 0 Å². The maximum atomic E-state index is 1.58. The first-order chi connectivity index (χ1) is 12.4. The molecule has 0 aliphatic heterocycles. The van der Waals surface area contributed by atoms with E-state index < -0.39 is 0 Å². The van der Waals surface area contributed by atoms with Gasteiger partial charge in [0, 0.05) is 0 Å². The SMILES string of the molecule is C1CCC(CCCC(CCCC2CCCCC2)C2CCCCC2)CC1. The van der Waals surface area contributed by atoms with Gasteiger partial charge in [-0.25, -0.2) is 0 Å². The molecule has 0 bridgehead atoms. The molecule has 0 atom stereocenters. The van der Waals surface area contributed by atoms with Crippen LogP contribution >= 0.6 is 0 Å². The van der Waals surface area contributed by atoms with E-state index in [0.29, 0.717) is 0 Å². The third-order valence-electron chi connectivity index (χ3n) is 8.14. The van der Waals surface area contributed by atoms with E-state index in [1.54, 1.807) is 77.0 Å². The van der Waals surface area contributed by atoms with Crippen molar-refractivity contribution in [3.8, 4) is 0 Å². The van der Waals surface area contributed by atoms with Crippen LogP contribution in [0.5, 0.6) is 0 Å². The average Bonchev–Trinajstić information content (AvgIpc) is 2.69. The first-order valence-corrected chi connectivity index (χ1v) is 12.4. The van der Waals surface area contributed by atoms with Crippen LogP contribution in [-0.2, 0) is 0 Å². The second-order valence-corrected chi connectivity index (χ2v) is 10.0. The average molecular weight is 347 g/mol. The summed E-state index contributed by atoms with van der Waals surface area (Å²) in [4.78, 5) is 0. The summed E-state index contributed by atoms with van der Waals surface area (Å²) in [6.07, 6.45) is 32.4. The lowest BCUT2D eigenvalue weighted by Gasteiger charge is -2.32. The summed E-state index contributed by atoms with van der Waals surface area (Å²) in [5.74, 6) is 4.39. The fraction of sp³-hybridized carbons (Fsp3) is 1.00. The van der Waals surface area contributed by atoms with Crippen molar-refractivity contribution in [1.82, 2.24) is 0 Å². The molecule has 3 aliphatic carbocycles. The van der Waals surface area contributed by atoms with Gasteiger partial charge in [0.1, 0.15) is 0 Å². The highest BCUT2D eigenvalue weighted by Crippen LogP contribution is 2.38. The second-order valence-electron chi connectivity index (χ2n) is 10.0. The zero-order valence-electron chi connectivity index (χ0n) is 17.2. The Morgan fingerprint density at radius 2 is 0.880 bits per heavy atom. The first kappa shape index (κ1) is 19.8. The second kappa shape index (κ2) is 11.7. The van der Waals surface area contributed by atoms with Crippen LogP contribution < -0.4 is 0 Å². The van der Waals surface area contributed by atoms with Gasteiger partial charge in [0.25, 0.3) is 0 Å². The zero-order chi connectivity index (χ0) is 17.2. The molecule has 0 unspecified atom stereocenters. The maximum absolute atomic E-state index is 1.58. The molecule has 146 valence electrons. The molecule has 0 saturated heterocycles. The van der Waals surface area contributed by atoms with Crippen LogP contribution in [-0.4, -0.2) is 0 Å². The quantitative estimate of drug-likeness (QED) is 0.391. The van der Waals surface area contributed by atoms with Crippen molar-refractivity contribution in [3.05, 3.63) is 0 Å². The standard InChI is InChI=1S/C25H46/c1-4-12-22(13-5-1)16-10-20-25(24-18-8-3-9-19-24)21-11-17-23-14-6-2-7-15-23/h22-25H,1-21H2. The lowest BCUT2D eigenvalue weighted by atomic mass is 9.74. The number of hydrogen-bond acceptors (Lipinski definition) is 0. The summed E-state index contributed by atoms with van der Waals surface area (Å²) in [6, 6.07) is 0. The summed E-state index contributed by atoms with van der Waals surface area (Å²) in [5.41, 5.74) is 0. The van der Waals surface area contributed by atoms with Crippen LogP contribution in [0.4, 0.5) is 0 Å². The van der Waals surface area contributed by atoms with Gasteiger partial charge in [0.2, 0.25) is 0 Å². The summed E-state index contributed by atoms with van der Waals surface area (Å²) in [6.45, 7) is 0. The molecule has 3 aliphatic rings. The van der Waals surface area contributed by atoms with Gasteiger partial charge < -0.3 is 0 Å². The van der Waals surface area contributed by atoms with Crippen molar-refractivity contribution in [3.63, 3.8) is 0 Å². The van der Waals surface area contributed by atoms with Crippen LogP contribution in [0.2, 0.25) is 0 Å². The van der Waals surface area contributed by atoms with E-state index in [9.17, 15) is 0 Å². The Morgan fingerprint density at radius 1 is 0.480 bits per heavy atom. The van der Waals surface area contributed by atoms with Crippen LogP contribution in [0, 0.1) is 23.7 Å². The van der Waals surface area contributed by atoms with E-state index in [2.05, 4.69) is 0 Å². The normalized spacial score (nSPS) is 24.8. The Kier molecular flexibility index (Phi) is 9.21. The highest BCUT2D eigenvalue weighted by molar-refractivity contribution is 4.76. The lowest BCUT2D eigenvalue weighted by Crippen LogP contribution is -2.19. The van der Waals surface area contributed by atoms with Crippen molar-refractivity contribution in [2.24, 2.45) is 23.7 Å². The van der Waals surface area contributed by atoms with Gasteiger partial charge in [-0.3, -0.25) is 0 Å². The maximum Gasteiger partial charge on any atom is -0.0386 e.